The van der Waals surface area contributed by atoms with Gasteiger partial charge in [-0.3, -0.25) is 4.39 Å². The maximum absolute atomic E-state index is 12.5. The number of alkyl halides is 1. The topological polar surface area (TPSA) is 60.7 Å². The van der Waals surface area contributed by atoms with Gasteiger partial charge in [0.15, 0.2) is 0 Å². The van der Waals surface area contributed by atoms with Gasteiger partial charge in [-0.25, -0.2) is 0 Å². The molecule has 7 atom stereocenters. The highest BCUT2D eigenvalue weighted by Gasteiger charge is 2.50. The van der Waals surface area contributed by atoms with Gasteiger partial charge in [0.1, 0.15) is 0 Å². The van der Waals surface area contributed by atoms with Gasteiger partial charge in [-0.2, -0.15) is 0 Å². The number of hydrogen-bond acceptors (Lipinski definition) is 3. The minimum absolute atomic E-state index is 0.245. The molecule has 35 heavy (non-hydrogen) atoms. The summed E-state index contributed by atoms with van der Waals surface area (Å²) < 4.78 is 12.5. The maximum Gasteiger partial charge on any atom is 0.0894 e. The zero-order chi connectivity index (χ0) is 25.8. The van der Waals surface area contributed by atoms with E-state index in [-0.39, 0.29) is 12.6 Å². The standard InChI is InChI=1S/C31H51FO3/c1-21(10-8-17-30(3,4)35)26-15-16-27-23(11-9-18-31(26,27)5)13-14-24-20-28(33)25(12-6-7-19-32)29(34)22(24)2/h13-14,21,25-29,33-35H,2,6-12,15-20H2,1,3-5H3/b23-13+,24-14-/t21-,25+,26-,27+,28-,29-,31-/m1/s1. The Morgan fingerprint density at radius 2 is 1.91 bits per heavy atom. The molecule has 0 bridgehead atoms. The van der Waals surface area contributed by atoms with Crippen LogP contribution in [0.25, 0.3) is 0 Å². The quantitative estimate of drug-likeness (QED) is 0.287. The van der Waals surface area contributed by atoms with Crippen LogP contribution in [0.1, 0.15) is 105 Å². The lowest BCUT2D eigenvalue weighted by molar-refractivity contribution is 0.0127. The first-order valence-electron chi connectivity index (χ1n) is 14.2. The Hall–Kier alpha value is -0.970. The third kappa shape index (κ3) is 6.87. The van der Waals surface area contributed by atoms with Crippen LogP contribution in [0.4, 0.5) is 4.39 Å². The number of aliphatic hydroxyl groups excluding tert-OH is 2. The first kappa shape index (κ1) is 28.6. The van der Waals surface area contributed by atoms with E-state index in [0.29, 0.717) is 42.9 Å². The predicted molar refractivity (Wildman–Crippen MR) is 143 cm³/mol. The monoisotopic (exact) mass is 490 g/mol. The molecule has 0 aliphatic heterocycles. The van der Waals surface area contributed by atoms with Crippen LogP contribution in [0.2, 0.25) is 0 Å². The van der Waals surface area contributed by atoms with E-state index in [1.807, 2.05) is 13.8 Å². The van der Waals surface area contributed by atoms with Crippen LogP contribution in [0.15, 0.2) is 35.5 Å². The molecule has 3 N–H and O–H groups in total. The summed E-state index contributed by atoms with van der Waals surface area (Å²) in [6, 6.07) is 0. The van der Waals surface area contributed by atoms with Gasteiger partial charge in [-0.1, -0.05) is 57.4 Å². The second-order valence-corrected chi connectivity index (χ2v) is 12.8. The summed E-state index contributed by atoms with van der Waals surface area (Å²) in [5.41, 5.74) is 2.97. The van der Waals surface area contributed by atoms with Crippen molar-refractivity contribution in [3.8, 4) is 0 Å². The van der Waals surface area contributed by atoms with Crippen LogP contribution in [0, 0.1) is 29.1 Å². The summed E-state index contributed by atoms with van der Waals surface area (Å²) in [7, 11) is 0. The Kier molecular flexibility index (Phi) is 9.85. The van der Waals surface area contributed by atoms with Crippen molar-refractivity contribution in [1.82, 2.24) is 0 Å². The third-order valence-corrected chi connectivity index (χ3v) is 9.69. The number of aliphatic hydroxyl groups is 3. The second-order valence-electron chi connectivity index (χ2n) is 12.8. The molecule has 3 aliphatic carbocycles. The second kappa shape index (κ2) is 12.0. The highest BCUT2D eigenvalue weighted by Crippen LogP contribution is 2.60. The average molecular weight is 491 g/mol. The minimum Gasteiger partial charge on any atom is -0.392 e. The summed E-state index contributed by atoms with van der Waals surface area (Å²) in [6.07, 6.45) is 14.7. The van der Waals surface area contributed by atoms with Crippen LogP contribution in [-0.4, -0.2) is 39.8 Å². The normalized spacial score (nSPS) is 37.1. The molecule has 0 radical (unpaired) electrons. The Bertz CT molecular complexity index is 779. The van der Waals surface area contributed by atoms with E-state index in [9.17, 15) is 19.7 Å². The van der Waals surface area contributed by atoms with Gasteiger partial charge in [-0.15, -0.1) is 0 Å². The highest BCUT2D eigenvalue weighted by atomic mass is 19.1. The van der Waals surface area contributed by atoms with E-state index < -0.39 is 17.8 Å². The summed E-state index contributed by atoms with van der Waals surface area (Å²) in [5, 5.41) is 31.6. The van der Waals surface area contributed by atoms with E-state index in [2.05, 4.69) is 32.6 Å². The molecule has 0 spiro atoms. The average Bonchev–Trinajstić information content (AvgIpc) is 3.14. The molecule has 4 heteroatoms. The van der Waals surface area contributed by atoms with Crippen LogP contribution in [0.3, 0.4) is 0 Å². The molecule has 0 aromatic carbocycles. The zero-order valence-electron chi connectivity index (χ0n) is 22.7. The number of hydrogen-bond donors (Lipinski definition) is 3. The number of unbranched alkanes of at least 4 members (excludes halogenated alkanes) is 1. The minimum atomic E-state index is -0.750. The van der Waals surface area contributed by atoms with Crippen LogP contribution in [0.5, 0.6) is 0 Å². The lowest BCUT2D eigenvalue weighted by Crippen LogP contribution is -2.38. The summed E-state index contributed by atoms with van der Waals surface area (Å²) in [5.74, 6) is 1.76. The Morgan fingerprint density at radius 1 is 1.17 bits per heavy atom. The van der Waals surface area contributed by atoms with Crippen molar-refractivity contribution in [2.45, 2.75) is 123 Å². The van der Waals surface area contributed by atoms with Gasteiger partial charge in [0, 0.05) is 5.92 Å². The fourth-order valence-corrected chi connectivity index (χ4v) is 7.65. The molecule has 3 aliphatic rings. The lowest BCUT2D eigenvalue weighted by Gasteiger charge is -2.44. The number of halogens is 1. The molecule has 0 aromatic rings. The first-order valence-corrected chi connectivity index (χ1v) is 14.2. The smallest absolute Gasteiger partial charge is 0.0894 e. The predicted octanol–water partition coefficient (Wildman–Crippen LogP) is 7.07. The molecule has 3 saturated carbocycles. The van der Waals surface area contributed by atoms with Gasteiger partial charge >= 0.3 is 0 Å². The van der Waals surface area contributed by atoms with Crippen molar-refractivity contribution in [3.63, 3.8) is 0 Å². The van der Waals surface area contributed by atoms with E-state index in [0.717, 1.165) is 36.3 Å². The van der Waals surface area contributed by atoms with Crippen molar-refractivity contribution in [3.05, 3.63) is 35.5 Å². The van der Waals surface area contributed by atoms with Crippen molar-refractivity contribution >= 4 is 0 Å². The van der Waals surface area contributed by atoms with Gasteiger partial charge in [0.2, 0.25) is 0 Å². The van der Waals surface area contributed by atoms with Crippen LogP contribution < -0.4 is 0 Å². The van der Waals surface area contributed by atoms with Gasteiger partial charge in [0.05, 0.1) is 24.5 Å². The molecule has 0 unspecified atom stereocenters. The molecule has 3 rings (SSSR count). The van der Waals surface area contributed by atoms with Crippen molar-refractivity contribution in [2.75, 3.05) is 6.67 Å². The fraction of sp³-hybridized carbons (Fsp3) is 0.806. The van der Waals surface area contributed by atoms with Crippen LogP contribution >= 0.6 is 0 Å². The Morgan fingerprint density at radius 3 is 2.60 bits per heavy atom. The zero-order valence-corrected chi connectivity index (χ0v) is 22.7. The summed E-state index contributed by atoms with van der Waals surface area (Å²) >= 11 is 0. The summed E-state index contributed by atoms with van der Waals surface area (Å²) in [6.45, 7) is 12.6. The molecule has 0 saturated heterocycles. The van der Waals surface area contributed by atoms with Crippen LogP contribution in [-0.2, 0) is 0 Å². The maximum atomic E-state index is 12.5. The van der Waals surface area contributed by atoms with Crippen molar-refractivity contribution in [1.29, 1.82) is 0 Å². The SMILES string of the molecule is C=C1/C(=C\C=C2/CCC[C@]3(C)[C@@H]([C@H](C)CCCC(C)(C)O)CC[C@@H]23)C[C@@H](O)[C@H](CCCCF)[C@@H]1O. The third-order valence-electron chi connectivity index (χ3n) is 9.69. The van der Waals surface area contributed by atoms with E-state index >= 15 is 0 Å². The van der Waals surface area contributed by atoms with Crippen molar-refractivity contribution < 1.29 is 19.7 Å². The molecular formula is C31H51FO3. The van der Waals surface area contributed by atoms with Gasteiger partial charge < -0.3 is 15.3 Å². The molecule has 3 nitrogen and oxygen atoms in total. The Labute approximate surface area is 213 Å². The summed E-state index contributed by atoms with van der Waals surface area (Å²) in [4.78, 5) is 0. The Balaban J connectivity index is 1.67. The molecule has 3 fully saturated rings. The first-order chi connectivity index (χ1) is 16.5. The van der Waals surface area contributed by atoms with Gasteiger partial charge in [0.25, 0.3) is 0 Å². The molecule has 0 heterocycles. The number of rotatable bonds is 10. The molecule has 0 aromatic heterocycles. The van der Waals surface area contributed by atoms with Gasteiger partial charge in [-0.05, 0) is 106 Å². The van der Waals surface area contributed by atoms with E-state index in [4.69, 9.17) is 0 Å². The lowest BCUT2D eigenvalue weighted by atomic mass is 9.60. The highest BCUT2D eigenvalue weighted by molar-refractivity contribution is 5.39. The molecule has 0 amide bonds. The fourth-order valence-electron chi connectivity index (χ4n) is 7.65. The van der Waals surface area contributed by atoms with E-state index in [1.165, 1.54) is 37.7 Å². The molecule has 200 valence electrons. The molecular weight excluding hydrogens is 439 g/mol. The number of allylic oxidation sites excluding steroid dienone is 3. The van der Waals surface area contributed by atoms with E-state index in [1.54, 1.807) is 0 Å². The van der Waals surface area contributed by atoms with Crippen molar-refractivity contribution in [2.24, 2.45) is 29.1 Å². The number of fused-ring (bicyclic) bond motifs is 1. The largest absolute Gasteiger partial charge is 0.392 e.